The maximum atomic E-state index is 12.1. The lowest BCUT2D eigenvalue weighted by molar-refractivity contribution is -0.149. The highest BCUT2D eigenvalue weighted by Gasteiger charge is 2.34. The number of aromatic hydroxyl groups is 1. The fraction of sp³-hybridized carbons (Fsp3) is 0.450. The molecule has 1 atom stereocenters. The molecule has 0 unspecified atom stereocenters. The zero-order chi connectivity index (χ0) is 20.5. The number of benzene rings is 1. The molecule has 7 nitrogen and oxygen atoms in total. The second-order valence-electron chi connectivity index (χ2n) is 7.16. The van der Waals surface area contributed by atoms with Crippen molar-refractivity contribution in [3.05, 3.63) is 45.6 Å². The smallest absolute Gasteiger partial charge is 0.309 e. The van der Waals surface area contributed by atoms with Crippen molar-refractivity contribution in [1.29, 1.82) is 0 Å². The third kappa shape index (κ3) is 3.97. The summed E-state index contributed by atoms with van der Waals surface area (Å²) in [5.74, 6) is 0.518. The number of thiazole rings is 1. The Labute approximate surface area is 177 Å². The molecule has 0 saturated carbocycles. The van der Waals surface area contributed by atoms with E-state index in [2.05, 4.69) is 15.0 Å². The Morgan fingerprint density at radius 2 is 2.17 bits per heavy atom. The summed E-state index contributed by atoms with van der Waals surface area (Å²) in [7, 11) is 0. The summed E-state index contributed by atoms with van der Waals surface area (Å²) in [5, 5.41) is 15.8. The van der Waals surface area contributed by atoms with E-state index in [1.54, 1.807) is 6.92 Å². The van der Waals surface area contributed by atoms with Gasteiger partial charge in [0, 0.05) is 5.02 Å². The summed E-state index contributed by atoms with van der Waals surface area (Å²) in [6.07, 6.45) is 1.44. The van der Waals surface area contributed by atoms with Crippen LogP contribution in [0.3, 0.4) is 0 Å². The van der Waals surface area contributed by atoms with Crippen molar-refractivity contribution in [2.75, 3.05) is 19.7 Å². The van der Waals surface area contributed by atoms with E-state index in [4.69, 9.17) is 16.3 Å². The van der Waals surface area contributed by atoms with Crippen molar-refractivity contribution in [3.8, 4) is 5.88 Å². The molecule has 0 bridgehead atoms. The van der Waals surface area contributed by atoms with E-state index < -0.39 is 0 Å². The minimum Gasteiger partial charge on any atom is -0.492 e. The number of hydrogen-bond acceptors (Lipinski definition) is 7. The van der Waals surface area contributed by atoms with Gasteiger partial charge in [-0.05, 0) is 57.5 Å². The first kappa shape index (κ1) is 20.1. The molecule has 9 heteroatoms. The monoisotopic (exact) mass is 434 g/mol. The third-order valence-electron chi connectivity index (χ3n) is 5.23. The van der Waals surface area contributed by atoms with Gasteiger partial charge in [0.15, 0.2) is 0 Å². The van der Waals surface area contributed by atoms with Crippen LogP contribution in [0.5, 0.6) is 5.88 Å². The van der Waals surface area contributed by atoms with Gasteiger partial charge in [0.1, 0.15) is 5.82 Å². The molecule has 1 saturated heterocycles. The summed E-state index contributed by atoms with van der Waals surface area (Å²) in [5.41, 5.74) is 0.989. The van der Waals surface area contributed by atoms with Gasteiger partial charge in [-0.25, -0.2) is 4.98 Å². The van der Waals surface area contributed by atoms with E-state index in [0.29, 0.717) is 35.5 Å². The Morgan fingerprint density at radius 1 is 1.41 bits per heavy atom. The van der Waals surface area contributed by atoms with Crippen LogP contribution in [0.2, 0.25) is 5.02 Å². The molecule has 0 spiro atoms. The lowest BCUT2D eigenvalue weighted by Gasteiger charge is -2.36. The molecule has 1 aliphatic heterocycles. The van der Waals surface area contributed by atoms with Gasteiger partial charge in [-0.1, -0.05) is 35.1 Å². The number of carbonyl (C=O) groups excluding carboxylic acids is 1. The van der Waals surface area contributed by atoms with Crippen LogP contribution in [0.4, 0.5) is 0 Å². The van der Waals surface area contributed by atoms with E-state index in [1.165, 1.54) is 15.9 Å². The van der Waals surface area contributed by atoms with E-state index in [-0.39, 0.29) is 23.8 Å². The standard InChI is InChI=1S/C20H23ClN4O3S/c1-3-28-19(27)13-7-9-24(10-8-13)16(14-5-4-6-15(21)11-14)17-18(26)25-20(29-17)22-12(2)23-25/h4-6,11,13,16,26H,3,7-10H2,1-2H3/t16-/m1/s1. The van der Waals surface area contributed by atoms with Gasteiger partial charge in [-0.15, -0.1) is 5.10 Å². The van der Waals surface area contributed by atoms with Crippen LogP contribution in [0.1, 0.15) is 42.1 Å². The summed E-state index contributed by atoms with van der Waals surface area (Å²) in [6, 6.07) is 7.49. The number of aromatic nitrogens is 3. The maximum absolute atomic E-state index is 12.1. The summed E-state index contributed by atoms with van der Waals surface area (Å²) in [6.45, 7) is 5.46. The van der Waals surface area contributed by atoms with E-state index in [9.17, 15) is 9.90 Å². The molecule has 1 aromatic carbocycles. The second kappa shape index (κ2) is 8.30. The maximum Gasteiger partial charge on any atom is 0.309 e. The largest absolute Gasteiger partial charge is 0.492 e. The minimum atomic E-state index is -0.189. The van der Waals surface area contributed by atoms with Crippen LogP contribution in [-0.2, 0) is 9.53 Å². The van der Waals surface area contributed by atoms with Crippen molar-refractivity contribution in [3.63, 3.8) is 0 Å². The van der Waals surface area contributed by atoms with Crippen LogP contribution in [0.25, 0.3) is 4.96 Å². The van der Waals surface area contributed by atoms with Gasteiger partial charge in [0.25, 0.3) is 0 Å². The van der Waals surface area contributed by atoms with Gasteiger partial charge in [0.2, 0.25) is 10.8 Å². The number of likely N-dealkylation sites (tertiary alicyclic amines) is 1. The number of esters is 1. The topological polar surface area (TPSA) is 80.0 Å². The molecule has 1 fully saturated rings. The van der Waals surface area contributed by atoms with Crippen molar-refractivity contribution >= 4 is 33.9 Å². The Kier molecular flexibility index (Phi) is 5.76. The molecule has 3 heterocycles. The normalized spacial score (nSPS) is 16.9. The predicted octanol–water partition coefficient (Wildman–Crippen LogP) is 3.82. The zero-order valence-corrected chi connectivity index (χ0v) is 17.9. The Morgan fingerprint density at radius 3 is 2.83 bits per heavy atom. The number of piperidine rings is 1. The number of halogens is 1. The van der Waals surface area contributed by atoms with E-state index in [1.807, 2.05) is 31.2 Å². The molecule has 2 aromatic heterocycles. The van der Waals surface area contributed by atoms with E-state index in [0.717, 1.165) is 23.3 Å². The first-order valence-corrected chi connectivity index (χ1v) is 10.9. The number of hydrogen-bond donors (Lipinski definition) is 1. The quantitative estimate of drug-likeness (QED) is 0.615. The molecule has 0 amide bonds. The van der Waals surface area contributed by atoms with E-state index >= 15 is 0 Å². The lowest BCUT2D eigenvalue weighted by Crippen LogP contribution is -2.39. The molecule has 0 aliphatic carbocycles. The summed E-state index contributed by atoms with van der Waals surface area (Å²) >= 11 is 7.69. The number of fused-ring (bicyclic) bond motifs is 1. The SMILES string of the molecule is CCOC(=O)C1CCN([C@H](c2cccc(Cl)c2)c2sc3nc(C)nn3c2O)CC1. The molecular formula is C20H23ClN4O3S. The van der Waals surface area contributed by atoms with Crippen molar-refractivity contribution in [1.82, 2.24) is 19.5 Å². The number of aryl methyl sites for hydroxylation is 1. The molecule has 4 rings (SSSR count). The number of ether oxygens (including phenoxy) is 1. The minimum absolute atomic E-state index is 0.0789. The van der Waals surface area contributed by atoms with Gasteiger partial charge >= 0.3 is 5.97 Å². The Balaban J connectivity index is 1.67. The second-order valence-corrected chi connectivity index (χ2v) is 8.61. The highest BCUT2D eigenvalue weighted by Crippen LogP contribution is 2.41. The van der Waals surface area contributed by atoms with Gasteiger partial charge in [-0.3, -0.25) is 9.69 Å². The highest BCUT2D eigenvalue weighted by molar-refractivity contribution is 7.17. The Bertz CT molecular complexity index is 1030. The number of carbonyl (C=O) groups is 1. The van der Waals surface area contributed by atoms with Crippen LogP contribution < -0.4 is 0 Å². The van der Waals surface area contributed by atoms with Crippen molar-refractivity contribution < 1.29 is 14.6 Å². The van der Waals surface area contributed by atoms with Gasteiger partial charge in [-0.2, -0.15) is 4.52 Å². The molecule has 29 heavy (non-hydrogen) atoms. The molecule has 1 N–H and O–H groups in total. The lowest BCUT2D eigenvalue weighted by atomic mass is 9.93. The molecular weight excluding hydrogens is 412 g/mol. The van der Waals surface area contributed by atoms with Crippen LogP contribution in [0, 0.1) is 12.8 Å². The molecule has 154 valence electrons. The van der Waals surface area contributed by atoms with Crippen LogP contribution in [0.15, 0.2) is 24.3 Å². The van der Waals surface area contributed by atoms with Crippen molar-refractivity contribution in [2.45, 2.75) is 32.7 Å². The van der Waals surface area contributed by atoms with Crippen LogP contribution in [-0.4, -0.2) is 50.3 Å². The average Bonchev–Trinajstić information content (AvgIpc) is 3.20. The Hall–Kier alpha value is -2.16. The zero-order valence-electron chi connectivity index (χ0n) is 16.3. The first-order valence-electron chi connectivity index (χ1n) is 9.69. The fourth-order valence-corrected chi connectivity index (χ4v) is 5.25. The first-order chi connectivity index (χ1) is 14.0. The average molecular weight is 435 g/mol. The highest BCUT2D eigenvalue weighted by atomic mass is 35.5. The number of rotatable bonds is 5. The molecule has 3 aromatic rings. The van der Waals surface area contributed by atoms with Gasteiger partial charge in [0.05, 0.1) is 23.4 Å². The van der Waals surface area contributed by atoms with Crippen LogP contribution >= 0.6 is 22.9 Å². The summed E-state index contributed by atoms with van der Waals surface area (Å²) in [4.78, 5) is 20.2. The number of nitrogens with zero attached hydrogens (tertiary/aromatic N) is 4. The third-order valence-corrected chi connectivity index (χ3v) is 6.54. The predicted molar refractivity (Wildman–Crippen MR) is 111 cm³/mol. The van der Waals surface area contributed by atoms with Gasteiger partial charge < -0.3 is 9.84 Å². The fourth-order valence-electron chi connectivity index (χ4n) is 3.88. The molecule has 1 aliphatic rings. The molecule has 0 radical (unpaired) electrons. The van der Waals surface area contributed by atoms with Crippen molar-refractivity contribution in [2.24, 2.45) is 5.92 Å². The summed E-state index contributed by atoms with van der Waals surface area (Å²) < 4.78 is 6.67.